The molecular weight excluding hydrogens is 453 g/mol. The molecule has 0 aliphatic carbocycles. The van der Waals surface area contributed by atoms with Gasteiger partial charge in [0.15, 0.2) is 5.96 Å². The highest BCUT2D eigenvalue weighted by molar-refractivity contribution is 14.0. The molecule has 0 aromatic carbocycles. The Labute approximate surface area is 182 Å². The summed E-state index contributed by atoms with van der Waals surface area (Å²) in [4.78, 5) is 6.98. The van der Waals surface area contributed by atoms with Crippen molar-refractivity contribution in [2.75, 3.05) is 33.9 Å². The fraction of sp³-hybridized carbons (Fsp3) is 0.800. The van der Waals surface area contributed by atoms with Crippen LogP contribution in [0.4, 0.5) is 0 Å². The van der Waals surface area contributed by atoms with E-state index in [0.717, 1.165) is 37.8 Å². The molecule has 1 saturated heterocycles. The SMILES string of the molecule is CCCC1(C)CCCN(C(=NC)NCc2c(C)nn(CCOC)c2C)C1.I. The maximum atomic E-state index is 5.18. The topological polar surface area (TPSA) is 54.7 Å². The van der Waals surface area contributed by atoms with Crippen molar-refractivity contribution in [1.82, 2.24) is 20.0 Å². The van der Waals surface area contributed by atoms with Gasteiger partial charge in [-0.25, -0.2) is 0 Å². The summed E-state index contributed by atoms with van der Waals surface area (Å²) in [6, 6.07) is 0. The van der Waals surface area contributed by atoms with Gasteiger partial charge >= 0.3 is 0 Å². The lowest BCUT2D eigenvalue weighted by Crippen LogP contribution is -2.49. The molecule has 156 valence electrons. The van der Waals surface area contributed by atoms with Gasteiger partial charge < -0.3 is 15.0 Å². The minimum Gasteiger partial charge on any atom is -0.383 e. The number of aromatic nitrogens is 2. The van der Waals surface area contributed by atoms with E-state index in [-0.39, 0.29) is 24.0 Å². The van der Waals surface area contributed by atoms with Crippen molar-refractivity contribution in [2.45, 2.75) is 66.5 Å². The largest absolute Gasteiger partial charge is 0.383 e. The number of halogens is 1. The van der Waals surface area contributed by atoms with Gasteiger partial charge in [-0.15, -0.1) is 24.0 Å². The number of methoxy groups -OCH3 is 1. The highest BCUT2D eigenvalue weighted by atomic mass is 127. The maximum Gasteiger partial charge on any atom is 0.193 e. The highest BCUT2D eigenvalue weighted by Gasteiger charge is 2.31. The monoisotopic (exact) mass is 491 g/mol. The quantitative estimate of drug-likeness (QED) is 0.359. The van der Waals surface area contributed by atoms with Crippen LogP contribution in [0.25, 0.3) is 0 Å². The molecule has 0 bridgehead atoms. The molecule has 0 radical (unpaired) electrons. The first-order chi connectivity index (χ1) is 12.4. The van der Waals surface area contributed by atoms with Gasteiger partial charge in [0.1, 0.15) is 0 Å². The Morgan fingerprint density at radius 3 is 2.74 bits per heavy atom. The maximum absolute atomic E-state index is 5.18. The summed E-state index contributed by atoms with van der Waals surface area (Å²) in [6.45, 7) is 13.3. The van der Waals surface area contributed by atoms with E-state index in [9.17, 15) is 0 Å². The van der Waals surface area contributed by atoms with E-state index in [1.165, 1.54) is 36.9 Å². The molecule has 1 N–H and O–H groups in total. The molecule has 0 amide bonds. The smallest absolute Gasteiger partial charge is 0.193 e. The van der Waals surface area contributed by atoms with Gasteiger partial charge in [0.2, 0.25) is 0 Å². The molecule has 1 aromatic heterocycles. The van der Waals surface area contributed by atoms with Gasteiger partial charge in [-0.2, -0.15) is 5.10 Å². The van der Waals surface area contributed by atoms with Crippen LogP contribution in [0.2, 0.25) is 0 Å². The fourth-order valence-electron chi connectivity index (χ4n) is 4.19. The third-order valence-corrected chi connectivity index (χ3v) is 5.61. The molecule has 27 heavy (non-hydrogen) atoms. The van der Waals surface area contributed by atoms with Gasteiger partial charge in [0.25, 0.3) is 0 Å². The number of nitrogens with one attached hydrogen (secondary N) is 1. The van der Waals surface area contributed by atoms with Crippen LogP contribution in [0.3, 0.4) is 0 Å². The van der Waals surface area contributed by atoms with E-state index in [1.807, 2.05) is 11.7 Å². The van der Waals surface area contributed by atoms with E-state index < -0.39 is 0 Å². The second kappa shape index (κ2) is 11.2. The van der Waals surface area contributed by atoms with Crippen molar-refractivity contribution in [2.24, 2.45) is 10.4 Å². The van der Waals surface area contributed by atoms with Gasteiger partial charge in [0.05, 0.1) is 18.8 Å². The Bertz CT molecular complexity index is 612. The summed E-state index contributed by atoms with van der Waals surface area (Å²) in [5.41, 5.74) is 3.95. The number of hydrogen-bond donors (Lipinski definition) is 1. The van der Waals surface area contributed by atoms with Gasteiger partial charge in [0, 0.05) is 45.0 Å². The minimum atomic E-state index is 0. The number of aliphatic imine (C=N–C) groups is 1. The summed E-state index contributed by atoms with van der Waals surface area (Å²) < 4.78 is 7.22. The Morgan fingerprint density at radius 1 is 1.37 bits per heavy atom. The number of aryl methyl sites for hydroxylation is 1. The van der Waals surface area contributed by atoms with Gasteiger partial charge in [-0.05, 0) is 38.5 Å². The van der Waals surface area contributed by atoms with Crippen LogP contribution in [0.15, 0.2) is 4.99 Å². The summed E-state index contributed by atoms with van der Waals surface area (Å²) >= 11 is 0. The Kier molecular flexibility index (Phi) is 10.1. The molecule has 1 unspecified atom stereocenters. The predicted molar refractivity (Wildman–Crippen MR) is 123 cm³/mol. The molecule has 1 aliphatic rings. The molecule has 1 aromatic rings. The summed E-state index contributed by atoms with van der Waals surface area (Å²) in [5, 5.41) is 8.23. The minimum absolute atomic E-state index is 0. The lowest BCUT2D eigenvalue weighted by molar-refractivity contribution is 0.142. The van der Waals surface area contributed by atoms with Crippen LogP contribution in [-0.4, -0.2) is 54.5 Å². The Hall–Kier alpha value is -0.830. The Balaban J connectivity index is 0.00000364. The number of ether oxygens (including phenoxy) is 1. The summed E-state index contributed by atoms with van der Waals surface area (Å²) in [5.74, 6) is 1.01. The molecule has 6 nitrogen and oxygen atoms in total. The average molecular weight is 491 g/mol. The van der Waals surface area contributed by atoms with Crippen LogP contribution < -0.4 is 5.32 Å². The van der Waals surface area contributed by atoms with Crippen molar-refractivity contribution in [1.29, 1.82) is 0 Å². The van der Waals surface area contributed by atoms with Crippen LogP contribution in [0.1, 0.15) is 56.5 Å². The average Bonchev–Trinajstić information content (AvgIpc) is 2.87. The number of nitrogens with zero attached hydrogens (tertiary/aromatic N) is 4. The number of rotatable bonds is 7. The van der Waals surface area contributed by atoms with Crippen molar-refractivity contribution < 1.29 is 4.74 Å². The standard InChI is InChI=1S/C20H37N5O.HI/c1-7-9-20(4)10-8-11-24(15-20)19(21-5)22-14-18-16(2)23-25(17(18)3)12-13-26-6;/h7-15H2,1-6H3,(H,21,22);1H. The zero-order valence-corrected chi connectivity index (χ0v) is 20.3. The Morgan fingerprint density at radius 2 is 2.11 bits per heavy atom. The van der Waals surface area contributed by atoms with Crippen LogP contribution in [0, 0.1) is 19.3 Å². The molecular formula is C20H38IN5O. The normalized spacial score (nSPS) is 20.5. The van der Waals surface area contributed by atoms with E-state index in [1.54, 1.807) is 7.11 Å². The lowest BCUT2D eigenvalue weighted by atomic mass is 9.78. The third kappa shape index (κ3) is 6.34. The summed E-state index contributed by atoms with van der Waals surface area (Å²) in [7, 11) is 3.61. The second-order valence-electron chi connectivity index (χ2n) is 7.85. The highest BCUT2D eigenvalue weighted by Crippen LogP contribution is 2.33. The van der Waals surface area contributed by atoms with E-state index in [0.29, 0.717) is 12.0 Å². The third-order valence-electron chi connectivity index (χ3n) is 5.61. The predicted octanol–water partition coefficient (Wildman–Crippen LogP) is 3.74. The fourth-order valence-corrected chi connectivity index (χ4v) is 4.19. The first-order valence-electron chi connectivity index (χ1n) is 9.91. The van der Waals surface area contributed by atoms with E-state index in [4.69, 9.17) is 4.74 Å². The zero-order chi connectivity index (χ0) is 19.2. The zero-order valence-electron chi connectivity index (χ0n) is 18.0. The molecule has 2 rings (SSSR count). The molecule has 0 spiro atoms. The molecule has 0 saturated carbocycles. The van der Waals surface area contributed by atoms with E-state index >= 15 is 0 Å². The van der Waals surface area contributed by atoms with Crippen LogP contribution in [-0.2, 0) is 17.8 Å². The number of likely N-dealkylation sites (tertiary alicyclic amines) is 1. The van der Waals surface area contributed by atoms with E-state index in [2.05, 4.69) is 48.0 Å². The van der Waals surface area contributed by atoms with Crippen molar-refractivity contribution in [3.63, 3.8) is 0 Å². The van der Waals surface area contributed by atoms with Gasteiger partial charge in [-0.3, -0.25) is 9.67 Å². The number of guanidine groups is 1. The molecule has 1 aliphatic heterocycles. The van der Waals surface area contributed by atoms with Crippen LogP contribution >= 0.6 is 24.0 Å². The lowest BCUT2D eigenvalue weighted by Gasteiger charge is -2.42. The van der Waals surface area contributed by atoms with Crippen molar-refractivity contribution in [3.8, 4) is 0 Å². The number of hydrogen-bond acceptors (Lipinski definition) is 3. The molecule has 7 heteroatoms. The molecule has 2 heterocycles. The number of piperidine rings is 1. The van der Waals surface area contributed by atoms with Crippen molar-refractivity contribution in [3.05, 3.63) is 17.0 Å². The summed E-state index contributed by atoms with van der Waals surface area (Å²) in [6.07, 6.45) is 5.09. The molecule has 1 fully saturated rings. The first kappa shape index (κ1) is 24.2. The van der Waals surface area contributed by atoms with Crippen LogP contribution in [0.5, 0.6) is 0 Å². The second-order valence-corrected chi connectivity index (χ2v) is 7.85. The first-order valence-corrected chi connectivity index (χ1v) is 9.91. The molecule has 1 atom stereocenters. The van der Waals surface area contributed by atoms with Crippen molar-refractivity contribution >= 4 is 29.9 Å². The van der Waals surface area contributed by atoms with Gasteiger partial charge in [-0.1, -0.05) is 20.3 Å².